The average molecular weight is 534 g/mol. The molecule has 0 spiro atoms. The molecule has 1 heterocycles. The summed E-state index contributed by atoms with van der Waals surface area (Å²) in [5, 5.41) is 5.20. The van der Waals surface area contributed by atoms with Gasteiger partial charge in [-0.05, 0) is 44.5 Å². The minimum Gasteiger partial charge on any atom is -0.459 e. The van der Waals surface area contributed by atoms with Crippen LogP contribution in [0.2, 0.25) is 0 Å². The summed E-state index contributed by atoms with van der Waals surface area (Å²) in [6, 6.07) is 12.1. The summed E-state index contributed by atoms with van der Waals surface area (Å²) < 4.78 is 34.7. The topological polar surface area (TPSA) is 141 Å². The summed E-state index contributed by atoms with van der Waals surface area (Å²) >= 11 is 1.08. The maximum Gasteiger partial charge on any atom is 0.408 e. The predicted molar refractivity (Wildman–Crippen MR) is 135 cm³/mol. The number of carbonyl (C=O) groups is 3. The van der Waals surface area contributed by atoms with Crippen molar-refractivity contribution >= 4 is 54.5 Å². The zero-order chi connectivity index (χ0) is 26.5. The number of nitrogens with one attached hydrogen (secondary N) is 2. The van der Waals surface area contributed by atoms with Crippen LogP contribution in [0.3, 0.4) is 0 Å². The Morgan fingerprint density at radius 2 is 1.78 bits per heavy atom. The Labute approximate surface area is 212 Å². The van der Waals surface area contributed by atoms with Crippen molar-refractivity contribution in [1.29, 1.82) is 0 Å². The van der Waals surface area contributed by atoms with Gasteiger partial charge in [0.2, 0.25) is 5.91 Å². The van der Waals surface area contributed by atoms with Crippen LogP contribution in [0.5, 0.6) is 0 Å². The molecule has 2 N–H and O–H groups in total. The molecule has 2 aromatic carbocycles. The fourth-order valence-corrected chi connectivity index (χ4v) is 4.66. The van der Waals surface area contributed by atoms with Gasteiger partial charge < -0.3 is 20.1 Å². The fourth-order valence-electron chi connectivity index (χ4n) is 3.02. The minimum absolute atomic E-state index is 0.0334. The second-order valence-electron chi connectivity index (χ2n) is 8.97. The molecule has 0 aliphatic rings. The molecule has 0 saturated heterocycles. The van der Waals surface area contributed by atoms with Crippen LogP contribution < -0.4 is 10.6 Å². The molecule has 0 bridgehead atoms. The third-order valence-electron chi connectivity index (χ3n) is 4.62. The van der Waals surface area contributed by atoms with Crippen LogP contribution in [0, 0.1) is 0 Å². The number of benzene rings is 2. The Bertz CT molecular complexity index is 1360. The average Bonchev–Trinajstić information content (AvgIpc) is 3.17. The van der Waals surface area contributed by atoms with Crippen LogP contribution in [0.1, 0.15) is 32.8 Å². The Hall–Kier alpha value is -3.51. The van der Waals surface area contributed by atoms with E-state index >= 15 is 0 Å². The van der Waals surface area contributed by atoms with Gasteiger partial charge in [0, 0.05) is 6.26 Å². The van der Waals surface area contributed by atoms with E-state index in [0.29, 0.717) is 10.2 Å². The first-order valence-electron chi connectivity index (χ1n) is 10.9. The van der Waals surface area contributed by atoms with Crippen molar-refractivity contribution in [2.75, 3.05) is 11.6 Å². The number of esters is 1. The zero-order valence-corrected chi connectivity index (χ0v) is 21.9. The number of ether oxygens (including phenoxy) is 2. The number of amides is 2. The summed E-state index contributed by atoms with van der Waals surface area (Å²) in [5.74, 6) is -1.41. The monoisotopic (exact) mass is 533 g/mol. The third-order valence-corrected chi connectivity index (χ3v) is 6.67. The number of fused-ring (bicyclic) bond motifs is 1. The van der Waals surface area contributed by atoms with Crippen LogP contribution in [-0.2, 0) is 35.5 Å². The van der Waals surface area contributed by atoms with Gasteiger partial charge in [-0.1, -0.05) is 41.7 Å². The molecule has 3 rings (SSSR count). The highest BCUT2D eigenvalue weighted by Crippen LogP contribution is 2.28. The van der Waals surface area contributed by atoms with E-state index in [1.165, 1.54) is 12.1 Å². The van der Waals surface area contributed by atoms with Gasteiger partial charge in [0.15, 0.2) is 15.0 Å². The second-order valence-corrected chi connectivity index (χ2v) is 12.0. The van der Waals surface area contributed by atoms with Crippen molar-refractivity contribution in [3.63, 3.8) is 0 Å². The molecule has 0 fully saturated rings. The largest absolute Gasteiger partial charge is 0.459 e. The number of carbonyl (C=O) groups excluding carboxylic acids is 3. The van der Waals surface area contributed by atoms with Gasteiger partial charge in [-0.15, -0.1) is 0 Å². The maximum absolute atomic E-state index is 12.7. The lowest BCUT2D eigenvalue weighted by atomic mass is 10.2. The number of rotatable bonds is 8. The van der Waals surface area contributed by atoms with Gasteiger partial charge >= 0.3 is 12.1 Å². The predicted octanol–water partition coefficient (Wildman–Crippen LogP) is 3.67. The number of anilines is 1. The van der Waals surface area contributed by atoms with E-state index in [1.807, 2.05) is 6.07 Å². The van der Waals surface area contributed by atoms with Crippen LogP contribution in [-0.4, -0.2) is 49.3 Å². The SMILES string of the molecule is CC(C)(C)OC(=O)N[C@@H](CC(=O)Nc1nc2ccc(S(C)(=O)=O)cc2s1)C(=O)OCc1ccccc1. The highest BCUT2D eigenvalue weighted by molar-refractivity contribution is 7.90. The first-order valence-corrected chi connectivity index (χ1v) is 13.6. The normalized spacial score (nSPS) is 12.6. The molecule has 1 atom stereocenters. The number of alkyl carbamates (subject to hydrolysis) is 1. The number of aromatic nitrogens is 1. The van der Waals surface area contributed by atoms with Gasteiger partial charge in [0.05, 0.1) is 21.5 Å². The van der Waals surface area contributed by atoms with E-state index in [4.69, 9.17) is 9.47 Å². The molecule has 192 valence electrons. The molecule has 0 aliphatic carbocycles. The van der Waals surface area contributed by atoms with Crippen LogP contribution in [0.25, 0.3) is 10.2 Å². The highest BCUT2D eigenvalue weighted by atomic mass is 32.2. The van der Waals surface area contributed by atoms with Crippen molar-refractivity contribution in [3.8, 4) is 0 Å². The third kappa shape index (κ3) is 8.02. The van der Waals surface area contributed by atoms with Gasteiger partial charge in [0.25, 0.3) is 0 Å². The summed E-state index contributed by atoms with van der Waals surface area (Å²) in [6.07, 6.45) is -0.200. The number of hydrogen-bond donors (Lipinski definition) is 2. The van der Waals surface area contributed by atoms with E-state index in [0.717, 1.165) is 23.2 Å². The van der Waals surface area contributed by atoms with E-state index in [-0.39, 0.29) is 16.6 Å². The molecule has 0 aliphatic heterocycles. The van der Waals surface area contributed by atoms with E-state index in [2.05, 4.69) is 15.6 Å². The molecule has 0 radical (unpaired) electrons. The molecule has 10 nitrogen and oxygen atoms in total. The van der Waals surface area contributed by atoms with E-state index < -0.39 is 45.9 Å². The second kappa shape index (κ2) is 11.0. The fraction of sp³-hybridized carbons (Fsp3) is 0.333. The molecule has 3 aromatic rings. The lowest BCUT2D eigenvalue weighted by Crippen LogP contribution is -2.46. The molecular weight excluding hydrogens is 506 g/mol. The molecule has 0 saturated carbocycles. The minimum atomic E-state index is -3.40. The van der Waals surface area contributed by atoms with Gasteiger partial charge in [-0.3, -0.25) is 4.79 Å². The number of sulfone groups is 1. The molecule has 36 heavy (non-hydrogen) atoms. The summed E-state index contributed by atoms with van der Waals surface area (Å²) in [5.41, 5.74) is 0.444. The van der Waals surface area contributed by atoms with Crippen LogP contribution in [0.4, 0.5) is 9.93 Å². The Morgan fingerprint density at radius 1 is 1.08 bits per heavy atom. The number of thiazole rings is 1. The lowest BCUT2D eigenvalue weighted by molar-refractivity contribution is -0.148. The quantitative estimate of drug-likeness (QED) is 0.418. The Morgan fingerprint density at radius 3 is 2.42 bits per heavy atom. The van der Waals surface area contributed by atoms with Gasteiger partial charge in [-0.2, -0.15) is 0 Å². The van der Waals surface area contributed by atoms with E-state index in [9.17, 15) is 22.8 Å². The van der Waals surface area contributed by atoms with Crippen LogP contribution >= 0.6 is 11.3 Å². The summed E-state index contributed by atoms with van der Waals surface area (Å²) in [4.78, 5) is 42.2. The van der Waals surface area contributed by atoms with Crippen molar-refractivity contribution in [2.24, 2.45) is 0 Å². The zero-order valence-electron chi connectivity index (χ0n) is 20.2. The number of nitrogens with zero attached hydrogens (tertiary/aromatic N) is 1. The smallest absolute Gasteiger partial charge is 0.408 e. The first kappa shape index (κ1) is 27.1. The van der Waals surface area contributed by atoms with Crippen molar-refractivity contribution in [1.82, 2.24) is 10.3 Å². The molecular formula is C24H27N3O7S2. The Kier molecular flexibility index (Phi) is 8.31. The lowest BCUT2D eigenvalue weighted by Gasteiger charge is -2.22. The van der Waals surface area contributed by atoms with Crippen molar-refractivity contribution in [3.05, 3.63) is 54.1 Å². The van der Waals surface area contributed by atoms with Gasteiger partial charge in [0.1, 0.15) is 18.2 Å². The Balaban J connectivity index is 1.71. The molecule has 12 heteroatoms. The van der Waals surface area contributed by atoms with Gasteiger partial charge in [-0.25, -0.2) is 23.0 Å². The first-order chi connectivity index (χ1) is 16.8. The standard InChI is InChI=1S/C24H27N3O7S2/c1-24(2,3)34-23(30)26-18(21(29)33-14-15-8-6-5-7-9-15)13-20(28)27-22-25-17-11-10-16(36(4,31)32)12-19(17)35-22/h5-12,18H,13-14H2,1-4H3,(H,26,30)(H,25,27,28)/t18-/m0/s1. The molecule has 2 amide bonds. The maximum atomic E-state index is 12.7. The number of hydrogen-bond acceptors (Lipinski definition) is 9. The summed E-state index contributed by atoms with van der Waals surface area (Å²) in [7, 11) is -3.40. The van der Waals surface area contributed by atoms with Crippen LogP contribution in [0.15, 0.2) is 53.4 Å². The van der Waals surface area contributed by atoms with E-state index in [1.54, 1.807) is 51.1 Å². The molecule has 0 unspecified atom stereocenters. The molecule has 1 aromatic heterocycles. The van der Waals surface area contributed by atoms with Crippen molar-refractivity contribution in [2.45, 2.75) is 50.3 Å². The highest BCUT2D eigenvalue weighted by Gasteiger charge is 2.28. The van der Waals surface area contributed by atoms with Crippen molar-refractivity contribution < 1.29 is 32.3 Å². The summed E-state index contributed by atoms with van der Waals surface area (Å²) in [6.45, 7) is 4.98.